The highest BCUT2D eigenvalue weighted by molar-refractivity contribution is 5.53. The fourth-order valence-corrected chi connectivity index (χ4v) is 4.03. The first-order chi connectivity index (χ1) is 14.7. The van der Waals surface area contributed by atoms with Gasteiger partial charge in [-0.05, 0) is 49.7 Å². The molecule has 4 rings (SSSR count). The Morgan fingerprint density at radius 2 is 1.93 bits per heavy atom. The Kier molecular flexibility index (Phi) is 6.09. The molecule has 1 saturated heterocycles. The van der Waals surface area contributed by atoms with E-state index in [0.29, 0.717) is 12.4 Å². The number of nitrogens with one attached hydrogen (secondary N) is 1. The van der Waals surface area contributed by atoms with Crippen LogP contribution in [0, 0.1) is 0 Å². The molecule has 0 aliphatic carbocycles. The summed E-state index contributed by atoms with van der Waals surface area (Å²) in [6.07, 6.45) is 6.57. The van der Waals surface area contributed by atoms with Crippen LogP contribution in [0.25, 0.3) is 11.4 Å². The van der Waals surface area contributed by atoms with Gasteiger partial charge in [0.15, 0.2) is 0 Å². The van der Waals surface area contributed by atoms with Crippen LogP contribution in [-0.2, 0) is 6.54 Å². The zero-order valence-corrected chi connectivity index (χ0v) is 17.3. The Hall–Kier alpha value is -3.19. The molecule has 0 spiro atoms. The van der Waals surface area contributed by atoms with E-state index in [1.165, 1.54) is 0 Å². The van der Waals surface area contributed by atoms with Gasteiger partial charge in [0, 0.05) is 36.1 Å². The smallest absolute Gasteiger partial charge is 0.251 e. The molecule has 0 radical (unpaired) electrons. The molecular weight excluding hydrogens is 380 g/mol. The Morgan fingerprint density at radius 1 is 1.10 bits per heavy atom. The maximum Gasteiger partial charge on any atom is 0.251 e. The van der Waals surface area contributed by atoms with Gasteiger partial charge in [0.25, 0.3) is 5.56 Å². The monoisotopic (exact) mass is 406 g/mol. The van der Waals surface area contributed by atoms with E-state index in [1.54, 1.807) is 32.7 Å². The molecule has 1 N–H and O–H groups in total. The minimum absolute atomic E-state index is 0.0672. The average Bonchev–Trinajstić information content (AvgIpc) is 2.79. The highest BCUT2D eigenvalue weighted by Gasteiger charge is 2.27. The number of aromatic amines is 1. The number of benzene rings is 1. The van der Waals surface area contributed by atoms with E-state index in [-0.39, 0.29) is 11.6 Å². The summed E-state index contributed by atoms with van der Waals surface area (Å²) in [5, 5.41) is 0. The van der Waals surface area contributed by atoms with Crippen molar-refractivity contribution in [3.63, 3.8) is 0 Å². The van der Waals surface area contributed by atoms with Crippen LogP contribution in [0.1, 0.15) is 36.6 Å². The third kappa shape index (κ3) is 4.36. The Balaban J connectivity index is 1.67. The van der Waals surface area contributed by atoms with Crippen molar-refractivity contribution >= 4 is 0 Å². The first-order valence-electron chi connectivity index (χ1n) is 10.1. The number of pyridine rings is 1. The lowest BCUT2D eigenvalue weighted by atomic mass is 9.98. The van der Waals surface area contributed by atoms with Crippen molar-refractivity contribution < 1.29 is 9.47 Å². The molecule has 7 heteroatoms. The van der Waals surface area contributed by atoms with Gasteiger partial charge in [-0.25, -0.2) is 4.98 Å². The van der Waals surface area contributed by atoms with Crippen molar-refractivity contribution in [3.05, 3.63) is 70.4 Å². The molecule has 30 heavy (non-hydrogen) atoms. The summed E-state index contributed by atoms with van der Waals surface area (Å²) < 4.78 is 11.0. The van der Waals surface area contributed by atoms with Gasteiger partial charge in [0.2, 0.25) is 0 Å². The van der Waals surface area contributed by atoms with Crippen LogP contribution < -0.4 is 15.0 Å². The fourth-order valence-electron chi connectivity index (χ4n) is 4.03. The van der Waals surface area contributed by atoms with Crippen molar-refractivity contribution in [1.29, 1.82) is 0 Å². The van der Waals surface area contributed by atoms with Gasteiger partial charge in [-0.15, -0.1) is 0 Å². The van der Waals surface area contributed by atoms with Crippen molar-refractivity contribution in [2.75, 3.05) is 20.8 Å². The molecule has 7 nitrogen and oxygen atoms in total. The number of H-pyrrole nitrogens is 1. The van der Waals surface area contributed by atoms with Crippen LogP contribution in [0.2, 0.25) is 0 Å². The lowest BCUT2D eigenvalue weighted by molar-refractivity contribution is 0.135. The second-order valence-electron chi connectivity index (χ2n) is 7.41. The molecule has 0 amide bonds. The van der Waals surface area contributed by atoms with Crippen molar-refractivity contribution in [3.8, 4) is 22.9 Å². The van der Waals surface area contributed by atoms with E-state index < -0.39 is 0 Å². The highest BCUT2D eigenvalue weighted by atomic mass is 16.5. The van der Waals surface area contributed by atoms with Crippen LogP contribution >= 0.6 is 0 Å². The lowest BCUT2D eigenvalue weighted by Gasteiger charge is -2.35. The maximum absolute atomic E-state index is 12.4. The van der Waals surface area contributed by atoms with E-state index in [1.807, 2.05) is 30.3 Å². The number of methoxy groups -OCH3 is 2. The lowest BCUT2D eigenvalue weighted by Crippen LogP contribution is -2.34. The normalized spacial score (nSPS) is 16.9. The van der Waals surface area contributed by atoms with Gasteiger partial charge < -0.3 is 14.5 Å². The number of hydrogen-bond acceptors (Lipinski definition) is 6. The first-order valence-corrected chi connectivity index (χ1v) is 10.1. The Labute approximate surface area is 175 Å². The van der Waals surface area contributed by atoms with Crippen LogP contribution in [-0.4, -0.2) is 40.6 Å². The minimum atomic E-state index is -0.142. The van der Waals surface area contributed by atoms with Gasteiger partial charge in [-0.3, -0.25) is 14.7 Å². The molecule has 1 aliphatic rings. The molecule has 3 heterocycles. The van der Waals surface area contributed by atoms with E-state index in [0.717, 1.165) is 54.1 Å². The number of aromatic nitrogens is 3. The summed E-state index contributed by atoms with van der Waals surface area (Å²) in [6.45, 7) is 1.63. The van der Waals surface area contributed by atoms with Crippen LogP contribution in [0.3, 0.4) is 0 Å². The summed E-state index contributed by atoms with van der Waals surface area (Å²) in [5.74, 6) is 2.20. The third-order valence-electron chi connectivity index (χ3n) is 5.53. The van der Waals surface area contributed by atoms with Gasteiger partial charge in [0.05, 0.1) is 26.0 Å². The second-order valence-corrected chi connectivity index (χ2v) is 7.41. The highest BCUT2D eigenvalue weighted by Crippen LogP contribution is 2.34. The topological polar surface area (TPSA) is 80.3 Å². The zero-order chi connectivity index (χ0) is 20.9. The summed E-state index contributed by atoms with van der Waals surface area (Å²) >= 11 is 0. The van der Waals surface area contributed by atoms with E-state index >= 15 is 0 Å². The second kappa shape index (κ2) is 9.09. The third-order valence-corrected chi connectivity index (χ3v) is 5.53. The number of likely N-dealkylation sites (tertiary alicyclic amines) is 1. The van der Waals surface area contributed by atoms with Gasteiger partial charge in [0.1, 0.15) is 17.3 Å². The number of hydrogen-bond donors (Lipinski definition) is 1. The van der Waals surface area contributed by atoms with Crippen LogP contribution in [0.5, 0.6) is 11.5 Å². The van der Waals surface area contributed by atoms with Crippen molar-refractivity contribution in [2.24, 2.45) is 0 Å². The molecule has 156 valence electrons. The molecular formula is C23H26N4O3. The van der Waals surface area contributed by atoms with Crippen molar-refractivity contribution in [2.45, 2.75) is 31.8 Å². The summed E-state index contributed by atoms with van der Waals surface area (Å²) in [4.78, 5) is 26.5. The molecule has 3 aromatic rings. The molecule has 1 aliphatic heterocycles. The molecule has 0 bridgehead atoms. The standard InChI is InChI=1S/C23H26N4O3/c1-29-18-6-7-21(30-2)17(13-18)15-27-12-4-3-5-20(27)19-14-22(28)26-23(25-19)16-8-10-24-11-9-16/h6-11,13-14,20H,3-5,12,15H2,1-2H3,(H,25,26,28)/t20-/m0/s1. The van der Waals surface area contributed by atoms with E-state index in [9.17, 15) is 4.79 Å². The summed E-state index contributed by atoms with van der Waals surface area (Å²) in [7, 11) is 3.34. The Morgan fingerprint density at radius 3 is 2.70 bits per heavy atom. The zero-order valence-electron chi connectivity index (χ0n) is 17.3. The molecule has 1 fully saturated rings. The molecule has 0 unspecified atom stereocenters. The molecule has 2 aromatic heterocycles. The average molecular weight is 406 g/mol. The van der Waals surface area contributed by atoms with Crippen LogP contribution in [0.4, 0.5) is 0 Å². The maximum atomic E-state index is 12.4. The fraction of sp³-hybridized carbons (Fsp3) is 0.348. The SMILES string of the molecule is COc1ccc(OC)c(CN2CCCC[C@H]2c2cc(=O)[nH]c(-c3ccncc3)n2)c1. The molecule has 0 saturated carbocycles. The Bertz CT molecular complexity index is 1050. The number of rotatable bonds is 6. The van der Waals surface area contributed by atoms with Gasteiger partial charge >= 0.3 is 0 Å². The number of piperidine rings is 1. The molecule has 1 aromatic carbocycles. The minimum Gasteiger partial charge on any atom is -0.497 e. The predicted octanol–water partition coefficient (Wildman–Crippen LogP) is 3.58. The molecule has 1 atom stereocenters. The van der Waals surface area contributed by atoms with Crippen molar-refractivity contribution in [1.82, 2.24) is 19.9 Å². The quantitative estimate of drug-likeness (QED) is 0.674. The van der Waals surface area contributed by atoms with Gasteiger partial charge in [-0.1, -0.05) is 6.42 Å². The van der Waals surface area contributed by atoms with Gasteiger partial charge in [-0.2, -0.15) is 0 Å². The summed E-state index contributed by atoms with van der Waals surface area (Å²) in [6, 6.07) is 11.2. The van der Waals surface area contributed by atoms with Crippen LogP contribution in [0.15, 0.2) is 53.6 Å². The van der Waals surface area contributed by atoms with E-state index in [4.69, 9.17) is 14.5 Å². The first kappa shape index (κ1) is 20.1. The van der Waals surface area contributed by atoms with E-state index in [2.05, 4.69) is 14.9 Å². The number of ether oxygens (including phenoxy) is 2. The number of nitrogens with zero attached hydrogens (tertiary/aromatic N) is 3. The largest absolute Gasteiger partial charge is 0.497 e. The predicted molar refractivity (Wildman–Crippen MR) is 115 cm³/mol. The summed E-state index contributed by atoms with van der Waals surface area (Å²) in [5.41, 5.74) is 2.56.